The van der Waals surface area contributed by atoms with Crippen LogP contribution in [-0.2, 0) is 11.2 Å². The minimum atomic E-state index is 0.142. The fraction of sp³-hybridized carbons (Fsp3) is 0.706. The molecule has 1 fully saturated rings. The van der Waals surface area contributed by atoms with Crippen molar-refractivity contribution in [3.05, 3.63) is 23.3 Å². The lowest BCUT2D eigenvalue weighted by molar-refractivity contribution is -0.121. The Kier molecular flexibility index (Phi) is 6.31. The van der Waals surface area contributed by atoms with E-state index in [0.717, 1.165) is 30.2 Å². The molecule has 1 aliphatic rings. The molecular weight excluding hydrogens is 276 g/mol. The molecule has 1 aliphatic heterocycles. The second kappa shape index (κ2) is 8.22. The molecule has 0 radical (unpaired) electrons. The van der Waals surface area contributed by atoms with Crippen molar-refractivity contribution in [1.82, 2.24) is 20.2 Å². The Balaban J connectivity index is 1.67. The molecule has 0 spiro atoms. The normalized spacial score (nSPS) is 19.1. The third-order valence-corrected chi connectivity index (χ3v) is 4.33. The van der Waals surface area contributed by atoms with E-state index in [1.54, 1.807) is 0 Å². The summed E-state index contributed by atoms with van der Waals surface area (Å²) in [6, 6.07) is 2.53. The summed E-state index contributed by atoms with van der Waals surface area (Å²) in [5, 5.41) is 2.99. The number of nitrogens with zero attached hydrogens (tertiary/aromatic N) is 3. The van der Waals surface area contributed by atoms with Crippen molar-refractivity contribution < 1.29 is 4.79 Å². The summed E-state index contributed by atoms with van der Waals surface area (Å²) in [6.07, 6.45) is 6.07. The quantitative estimate of drug-likeness (QED) is 0.873. The largest absolute Gasteiger partial charge is 0.356 e. The predicted octanol–water partition coefficient (Wildman–Crippen LogP) is 2.02. The molecule has 122 valence electrons. The lowest BCUT2D eigenvalue weighted by Gasteiger charge is -2.32. The number of aromatic nitrogens is 2. The van der Waals surface area contributed by atoms with E-state index in [2.05, 4.69) is 27.2 Å². The van der Waals surface area contributed by atoms with Crippen LogP contribution in [0.4, 0.5) is 0 Å². The van der Waals surface area contributed by atoms with Gasteiger partial charge in [-0.1, -0.05) is 6.42 Å². The van der Waals surface area contributed by atoms with Gasteiger partial charge < -0.3 is 10.2 Å². The fourth-order valence-electron chi connectivity index (χ4n) is 3.12. The molecule has 0 aliphatic carbocycles. The Morgan fingerprint density at radius 2 is 2.05 bits per heavy atom. The molecule has 1 saturated heterocycles. The first-order valence-electron chi connectivity index (χ1n) is 8.32. The van der Waals surface area contributed by atoms with Crippen molar-refractivity contribution in [3.8, 4) is 0 Å². The second-order valence-electron chi connectivity index (χ2n) is 6.34. The molecular formula is C17H28N4O. The van der Waals surface area contributed by atoms with Crippen molar-refractivity contribution in [2.75, 3.05) is 20.1 Å². The zero-order valence-corrected chi connectivity index (χ0v) is 14.1. The first-order chi connectivity index (χ1) is 10.5. The van der Waals surface area contributed by atoms with Crippen LogP contribution >= 0.6 is 0 Å². The molecule has 1 N–H and O–H groups in total. The smallest absolute Gasteiger partial charge is 0.220 e. The number of hydrogen-bond acceptors (Lipinski definition) is 4. The predicted molar refractivity (Wildman–Crippen MR) is 87.7 cm³/mol. The van der Waals surface area contributed by atoms with Crippen molar-refractivity contribution >= 4 is 5.91 Å². The van der Waals surface area contributed by atoms with Gasteiger partial charge in [0, 0.05) is 36.8 Å². The highest BCUT2D eigenvalue weighted by atomic mass is 16.1. The minimum Gasteiger partial charge on any atom is -0.356 e. The van der Waals surface area contributed by atoms with Crippen LogP contribution in [0.25, 0.3) is 0 Å². The molecule has 2 heterocycles. The van der Waals surface area contributed by atoms with E-state index in [1.165, 1.54) is 19.3 Å². The lowest BCUT2D eigenvalue weighted by atomic mass is 9.98. The summed E-state index contributed by atoms with van der Waals surface area (Å²) in [6.45, 7) is 5.72. The SMILES string of the molecule is Cc1cc(C)nc(CCNC(=O)CCC2CCCCN2C)n1. The average molecular weight is 304 g/mol. The van der Waals surface area contributed by atoms with Gasteiger partial charge in [0.15, 0.2) is 0 Å². The van der Waals surface area contributed by atoms with Crippen LogP contribution < -0.4 is 5.32 Å². The van der Waals surface area contributed by atoms with Gasteiger partial charge in [-0.25, -0.2) is 9.97 Å². The van der Waals surface area contributed by atoms with E-state index in [-0.39, 0.29) is 5.91 Å². The van der Waals surface area contributed by atoms with Crippen LogP contribution in [0.5, 0.6) is 0 Å². The van der Waals surface area contributed by atoms with Gasteiger partial charge in [-0.2, -0.15) is 0 Å². The molecule has 0 aromatic carbocycles. The molecule has 1 unspecified atom stereocenters. The van der Waals surface area contributed by atoms with Crippen molar-refractivity contribution in [2.24, 2.45) is 0 Å². The second-order valence-corrected chi connectivity index (χ2v) is 6.34. The molecule has 1 atom stereocenters. The third-order valence-electron chi connectivity index (χ3n) is 4.33. The summed E-state index contributed by atoms with van der Waals surface area (Å²) in [4.78, 5) is 23.1. The summed E-state index contributed by atoms with van der Waals surface area (Å²) >= 11 is 0. The zero-order chi connectivity index (χ0) is 15.9. The van der Waals surface area contributed by atoms with Crippen LogP contribution in [0.2, 0.25) is 0 Å². The first kappa shape index (κ1) is 16.9. The Bertz CT molecular complexity index is 483. The highest BCUT2D eigenvalue weighted by Gasteiger charge is 2.19. The number of nitrogens with one attached hydrogen (secondary N) is 1. The first-order valence-corrected chi connectivity index (χ1v) is 8.32. The maximum atomic E-state index is 11.9. The molecule has 5 nitrogen and oxygen atoms in total. The standard InChI is InChI=1S/C17H28N4O/c1-13-12-14(2)20-16(19-13)9-10-18-17(22)8-7-15-6-4-5-11-21(15)3/h12,15H,4-11H2,1-3H3,(H,18,22). The number of hydrogen-bond donors (Lipinski definition) is 1. The van der Waals surface area contributed by atoms with E-state index in [1.807, 2.05) is 19.9 Å². The molecule has 0 bridgehead atoms. The van der Waals surface area contributed by atoms with Gasteiger partial charge in [0.2, 0.25) is 5.91 Å². The summed E-state index contributed by atoms with van der Waals surface area (Å²) in [7, 11) is 2.17. The van der Waals surface area contributed by atoms with Gasteiger partial charge in [-0.05, 0) is 52.8 Å². The Morgan fingerprint density at radius 1 is 1.32 bits per heavy atom. The van der Waals surface area contributed by atoms with E-state index in [4.69, 9.17) is 0 Å². The van der Waals surface area contributed by atoms with Crippen molar-refractivity contribution in [2.45, 2.75) is 58.4 Å². The number of piperidine rings is 1. The highest BCUT2D eigenvalue weighted by molar-refractivity contribution is 5.75. The van der Waals surface area contributed by atoms with Gasteiger partial charge in [0.25, 0.3) is 0 Å². The van der Waals surface area contributed by atoms with E-state index in [9.17, 15) is 4.79 Å². The number of amides is 1. The summed E-state index contributed by atoms with van der Waals surface area (Å²) in [5.74, 6) is 0.952. The van der Waals surface area contributed by atoms with Gasteiger partial charge in [0.1, 0.15) is 5.82 Å². The molecule has 1 aromatic heterocycles. The lowest BCUT2D eigenvalue weighted by Crippen LogP contribution is -2.37. The number of aryl methyl sites for hydroxylation is 2. The Morgan fingerprint density at radius 3 is 2.73 bits per heavy atom. The monoisotopic (exact) mass is 304 g/mol. The molecule has 2 rings (SSSR count). The van der Waals surface area contributed by atoms with E-state index < -0.39 is 0 Å². The number of carbonyl (C=O) groups is 1. The highest BCUT2D eigenvalue weighted by Crippen LogP contribution is 2.18. The van der Waals surface area contributed by atoms with Gasteiger partial charge in [-0.15, -0.1) is 0 Å². The maximum absolute atomic E-state index is 11.9. The van der Waals surface area contributed by atoms with Crippen LogP contribution in [0.15, 0.2) is 6.07 Å². The maximum Gasteiger partial charge on any atom is 0.220 e. The molecule has 1 amide bonds. The zero-order valence-electron chi connectivity index (χ0n) is 14.1. The average Bonchev–Trinajstić information content (AvgIpc) is 2.45. The van der Waals surface area contributed by atoms with Gasteiger partial charge in [0.05, 0.1) is 0 Å². The Labute approximate surface area is 133 Å². The van der Waals surface area contributed by atoms with Crippen molar-refractivity contribution in [1.29, 1.82) is 0 Å². The van der Waals surface area contributed by atoms with Crippen molar-refractivity contribution in [3.63, 3.8) is 0 Å². The molecule has 0 saturated carbocycles. The number of carbonyl (C=O) groups excluding carboxylic acids is 1. The molecule has 1 aromatic rings. The topological polar surface area (TPSA) is 58.1 Å². The minimum absolute atomic E-state index is 0.142. The number of rotatable bonds is 6. The fourth-order valence-corrected chi connectivity index (χ4v) is 3.12. The van der Waals surface area contributed by atoms with Crippen LogP contribution in [0, 0.1) is 13.8 Å². The van der Waals surface area contributed by atoms with Crippen LogP contribution in [0.1, 0.15) is 49.3 Å². The van der Waals surface area contributed by atoms with Crippen LogP contribution in [0.3, 0.4) is 0 Å². The third kappa shape index (κ3) is 5.37. The molecule has 22 heavy (non-hydrogen) atoms. The summed E-state index contributed by atoms with van der Waals surface area (Å²) in [5.41, 5.74) is 1.96. The number of likely N-dealkylation sites (tertiary alicyclic amines) is 1. The van der Waals surface area contributed by atoms with E-state index in [0.29, 0.717) is 25.4 Å². The van der Waals surface area contributed by atoms with Crippen LogP contribution in [-0.4, -0.2) is 47.0 Å². The van der Waals surface area contributed by atoms with Gasteiger partial charge in [-0.3, -0.25) is 4.79 Å². The summed E-state index contributed by atoms with van der Waals surface area (Å²) < 4.78 is 0. The Hall–Kier alpha value is -1.49. The molecule has 5 heteroatoms. The van der Waals surface area contributed by atoms with Gasteiger partial charge >= 0.3 is 0 Å². The van der Waals surface area contributed by atoms with E-state index >= 15 is 0 Å².